The minimum Gasteiger partial charge on any atom is -0.389 e. The van der Waals surface area contributed by atoms with E-state index in [2.05, 4.69) is 10.4 Å². The molecule has 1 aliphatic carbocycles. The van der Waals surface area contributed by atoms with Crippen LogP contribution in [0.3, 0.4) is 0 Å². The molecular weight excluding hydrogens is 248 g/mol. The Morgan fingerprint density at radius 1 is 1.50 bits per heavy atom. The van der Waals surface area contributed by atoms with E-state index >= 15 is 0 Å². The Hall–Kier alpha value is -1.43. The molecule has 1 heterocycles. The number of anilines is 1. The van der Waals surface area contributed by atoms with E-state index in [-0.39, 0.29) is 16.8 Å². The van der Waals surface area contributed by atoms with Crippen LogP contribution in [0.5, 0.6) is 0 Å². The van der Waals surface area contributed by atoms with Gasteiger partial charge < -0.3 is 11.1 Å². The number of hydrogen-bond donors (Lipinski definition) is 2. The molecule has 6 heteroatoms. The number of carbonyl (C=O) groups excluding carboxylic acids is 1. The summed E-state index contributed by atoms with van der Waals surface area (Å²) >= 11 is 4.95. The third-order valence-electron chi connectivity index (χ3n) is 3.42. The fraction of sp³-hybridized carbons (Fsp3) is 0.583. The summed E-state index contributed by atoms with van der Waals surface area (Å²) in [6.45, 7) is 0. The van der Waals surface area contributed by atoms with Gasteiger partial charge in [-0.3, -0.25) is 9.48 Å². The number of rotatable bonds is 3. The molecule has 1 aromatic heterocycles. The molecule has 0 bridgehead atoms. The summed E-state index contributed by atoms with van der Waals surface area (Å²) < 4.78 is 1.59. The fourth-order valence-corrected chi connectivity index (χ4v) is 2.50. The molecule has 1 aliphatic rings. The number of aryl methyl sites for hydroxylation is 1. The van der Waals surface area contributed by atoms with Crippen LogP contribution in [0.2, 0.25) is 0 Å². The van der Waals surface area contributed by atoms with Crippen molar-refractivity contribution in [3.8, 4) is 0 Å². The summed E-state index contributed by atoms with van der Waals surface area (Å²) in [7, 11) is 1.76. The third kappa shape index (κ3) is 2.69. The molecule has 0 unspecified atom stereocenters. The number of nitrogens with two attached hydrogens (primary N) is 1. The van der Waals surface area contributed by atoms with Crippen LogP contribution >= 0.6 is 12.2 Å². The van der Waals surface area contributed by atoms with E-state index in [0.717, 1.165) is 25.7 Å². The van der Waals surface area contributed by atoms with Gasteiger partial charge in [-0.05, 0) is 12.8 Å². The molecule has 18 heavy (non-hydrogen) atoms. The Kier molecular flexibility index (Phi) is 3.96. The number of hydrogen-bond acceptors (Lipinski definition) is 3. The molecule has 0 saturated heterocycles. The zero-order chi connectivity index (χ0) is 13.1. The number of amides is 1. The first-order valence-electron chi connectivity index (χ1n) is 6.22. The highest BCUT2D eigenvalue weighted by Crippen LogP contribution is 2.25. The van der Waals surface area contributed by atoms with E-state index < -0.39 is 0 Å². The Morgan fingerprint density at radius 3 is 2.78 bits per heavy atom. The third-order valence-corrected chi connectivity index (χ3v) is 3.64. The van der Waals surface area contributed by atoms with E-state index in [9.17, 15) is 4.79 Å². The predicted molar refractivity (Wildman–Crippen MR) is 74.3 cm³/mol. The maximum absolute atomic E-state index is 12.2. The van der Waals surface area contributed by atoms with Crippen LogP contribution in [-0.4, -0.2) is 20.7 Å². The second kappa shape index (κ2) is 5.48. The monoisotopic (exact) mass is 266 g/mol. The number of nitrogens with one attached hydrogen (secondary N) is 1. The van der Waals surface area contributed by atoms with E-state index in [0.29, 0.717) is 11.4 Å². The Labute approximate surface area is 112 Å². The standard InChI is InChI=1S/C12H18N4OS/c1-16-11(9(7-14-16)10(13)18)15-12(17)8-5-3-2-4-6-8/h7-8H,2-6H2,1H3,(H2,13,18)(H,15,17). The zero-order valence-corrected chi connectivity index (χ0v) is 11.3. The first-order valence-corrected chi connectivity index (χ1v) is 6.63. The highest BCUT2D eigenvalue weighted by Gasteiger charge is 2.23. The maximum Gasteiger partial charge on any atom is 0.228 e. The van der Waals surface area contributed by atoms with Gasteiger partial charge in [-0.1, -0.05) is 31.5 Å². The summed E-state index contributed by atoms with van der Waals surface area (Å²) in [6, 6.07) is 0. The minimum absolute atomic E-state index is 0.0517. The molecule has 0 aliphatic heterocycles. The second-order valence-electron chi connectivity index (χ2n) is 4.72. The summed E-state index contributed by atoms with van der Waals surface area (Å²) in [4.78, 5) is 12.4. The molecule has 0 spiro atoms. The van der Waals surface area contributed by atoms with Crippen LogP contribution in [0.15, 0.2) is 6.20 Å². The van der Waals surface area contributed by atoms with E-state index in [1.165, 1.54) is 6.42 Å². The molecule has 2 rings (SSSR count). The summed E-state index contributed by atoms with van der Waals surface area (Å²) in [5.74, 6) is 0.752. The van der Waals surface area contributed by atoms with Gasteiger partial charge in [-0.15, -0.1) is 0 Å². The molecule has 98 valence electrons. The number of aromatic nitrogens is 2. The molecule has 1 aromatic rings. The zero-order valence-electron chi connectivity index (χ0n) is 10.5. The lowest BCUT2D eigenvalue weighted by Crippen LogP contribution is -2.27. The molecule has 0 aromatic carbocycles. The molecule has 3 N–H and O–H groups in total. The quantitative estimate of drug-likeness (QED) is 0.815. The lowest BCUT2D eigenvalue weighted by Gasteiger charge is -2.21. The van der Waals surface area contributed by atoms with Gasteiger partial charge in [0.2, 0.25) is 5.91 Å². The van der Waals surface area contributed by atoms with Crippen LogP contribution < -0.4 is 11.1 Å². The van der Waals surface area contributed by atoms with Gasteiger partial charge in [0.05, 0.1) is 11.8 Å². The topological polar surface area (TPSA) is 72.9 Å². The summed E-state index contributed by atoms with van der Waals surface area (Å²) in [5.41, 5.74) is 6.23. The molecule has 1 saturated carbocycles. The maximum atomic E-state index is 12.2. The first kappa shape index (κ1) is 13.0. The van der Waals surface area contributed by atoms with Crippen molar-refractivity contribution in [1.29, 1.82) is 0 Å². The number of nitrogens with zero attached hydrogens (tertiary/aromatic N) is 2. The van der Waals surface area contributed by atoms with Gasteiger partial charge in [0.1, 0.15) is 10.8 Å². The SMILES string of the molecule is Cn1ncc(C(N)=S)c1NC(=O)C1CCCCC1. The molecule has 0 atom stereocenters. The van der Waals surface area contributed by atoms with Crippen molar-refractivity contribution in [2.45, 2.75) is 32.1 Å². The van der Waals surface area contributed by atoms with Crippen LogP contribution in [0, 0.1) is 5.92 Å². The summed E-state index contributed by atoms with van der Waals surface area (Å²) in [5, 5.41) is 6.97. The highest BCUT2D eigenvalue weighted by atomic mass is 32.1. The van der Waals surface area contributed by atoms with Gasteiger partial charge in [-0.25, -0.2) is 0 Å². The smallest absolute Gasteiger partial charge is 0.228 e. The van der Waals surface area contributed by atoms with Crippen LogP contribution in [0.1, 0.15) is 37.7 Å². The van der Waals surface area contributed by atoms with Crippen molar-refractivity contribution in [1.82, 2.24) is 9.78 Å². The Morgan fingerprint density at radius 2 is 2.17 bits per heavy atom. The van der Waals surface area contributed by atoms with Crippen LogP contribution in [-0.2, 0) is 11.8 Å². The highest BCUT2D eigenvalue weighted by molar-refractivity contribution is 7.80. The van der Waals surface area contributed by atoms with Gasteiger partial charge in [0.25, 0.3) is 0 Å². The molecular formula is C12H18N4OS. The number of carbonyl (C=O) groups is 1. The average molecular weight is 266 g/mol. The van der Waals surface area contributed by atoms with Gasteiger partial charge in [0.15, 0.2) is 0 Å². The molecule has 1 amide bonds. The molecule has 5 nitrogen and oxygen atoms in total. The Balaban J connectivity index is 2.10. The van der Waals surface area contributed by atoms with Gasteiger partial charge >= 0.3 is 0 Å². The van der Waals surface area contributed by atoms with Crippen molar-refractivity contribution in [2.75, 3.05) is 5.32 Å². The van der Waals surface area contributed by atoms with Crippen molar-refractivity contribution >= 4 is 28.9 Å². The van der Waals surface area contributed by atoms with Gasteiger partial charge in [-0.2, -0.15) is 5.10 Å². The normalized spacial score (nSPS) is 16.5. The molecule has 0 radical (unpaired) electrons. The van der Waals surface area contributed by atoms with Crippen LogP contribution in [0.4, 0.5) is 5.82 Å². The van der Waals surface area contributed by atoms with Crippen molar-refractivity contribution < 1.29 is 4.79 Å². The number of thiocarbonyl (C=S) groups is 1. The van der Waals surface area contributed by atoms with E-state index in [4.69, 9.17) is 18.0 Å². The largest absolute Gasteiger partial charge is 0.389 e. The van der Waals surface area contributed by atoms with Crippen LogP contribution in [0.25, 0.3) is 0 Å². The predicted octanol–water partition coefficient (Wildman–Crippen LogP) is 1.57. The minimum atomic E-state index is 0.0517. The Bertz CT molecular complexity index is 463. The van der Waals surface area contributed by atoms with E-state index in [1.807, 2.05) is 0 Å². The summed E-state index contributed by atoms with van der Waals surface area (Å²) in [6.07, 6.45) is 7.00. The first-order chi connectivity index (χ1) is 8.59. The van der Waals surface area contributed by atoms with Gasteiger partial charge in [0, 0.05) is 13.0 Å². The lowest BCUT2D eigenvalue weighted by molar-refractivity contribution is -0.120. The second-order valence-corrected chi connectivity index (χ2v) is 5.16. The fourth-order valence-electron chi connectivity index (χ4n) is 2.35. The van der Waals surface area contributed by atoms with Crippen molar-refractivity contribution in [2.24, 2.45) is 18.7 Å². The van der Waals surface area contributed by atoms with Crippen molar-refractivity contribution in [3.63, 3.8) is 0 Å². The van der Waals surface area contributed by atoms with Crippen molar-refractivity contribution in [3.05, 3.63) is 11.8 Å². The molecule has 1 fully saturated rings. The van der Waals surface area contributed by atoms with E-state index in [1.54, 1.807) is 17.9 Å². The lowest BCUT2D eigenvalue weighted by atomic mass is 9.88. The average Bonchev–Trinajstić information content (AvgIpc) is 2.72.